The minimum Gasteiger partial charge on any atom is -0.480 e. The number of rotatable bonds is 6. The van der Waals surface area contributed by atoms with Gasteiger partial charge in [0.15, 0.2) is 0 Å². The zero-order valence-corrected chi connectivity index (χ0v) is 12.2. The van der Waals surface area contributed by atoms with Gasteiger partial charge in [-0.2, -0.15) is 0 Å². The Morgan fingerprint density at radius 1 is 1.25 bits per heavy atom. The molecule has 0 heterocycles. The van der Waals surface area contributed by atoms with Crippen molar-refractivity contribution >= 4 is 18.0 Å². The summed E-state index contributed by atoms with van der Waals surface area (Å²) >= 11 is 0. The van der Waals surface area contributed by atoms with Crippen molar-refractivity contribution in [3.05, 3.63) is 42.0 Å². The Kier molecular flexibility index (Phi) is 5.50. The Morgan fingerprint density at radius 2 is 1.85 bits per heavy atom. The lowest BCUT2D eigenvalue weighted by atomic mass is 10.0. The summed E-state index contributed by atoms with van der Waals surface area (Å²) in [6.45, 7) is 3.04. The van der Waals surface area contributed by atoms with Crippen LogP contribution in [0.5, 0.6) is 0 Å². The van der Waals surface area contributed by atoms with Crippen LogP contribution in [-0.4, -0.2) is 34.5 Å². The normalized spacial score (nSPS) is 11.6. The molecule has 108 valence electrons. The minimum absolute atomic E-state index is 0.171. The lowest BCUT2D eigenvalue weighted by molar-refractivity contribution is -0.155. The molecule has 0 atom stereocenters. The zero-order chi connectivity index (χ0) is 15.2. The molecule has 0 aliphatic heterocycles. The molecule has 0 aliphatic rings. The summed E-state index contributed by atoms with van der Waals surface area (Å²) in [6.07, 6.45) is 4.77. The summed E-state index contributed by atoms with van der Waals surface area (Å²) in [6, 6.07) is 9.82. The van der Waals surface area contributed by atoms with Crippen LogP contribution in [0.1, 0.15) is 32.3 Å². The summed E-state index contributed by atoms with van der Waals surface area (Å²) in [5.41, 5.74) is -0.0978. The molecule has 1 rings (SSSR count). The zero-order valence-electron chi connectivity index (χ0n) is 12.2. The van der Waals surface area contributed by atoms with Gasteiger partial charge in [-0.15, -0.1) is 0 Å². The molecule has 0 unspecified atom stereocenters. The summed E-state index contributed by atoms with van der Waals surface area (Å²) in [7, 11) is 1.53. The first-order valence-electron chi connectivity index (χ1n) is 6.57. The lowest BCUT2D eigenvalue weighted by Gasteiger charge is -2.31. The monoisotopic (exact) mass is 275 g/mol. The number of aliphatic carboxylic acids is 1. The van der Waals surface area contributed by atoms with E-state index in [0.717, 1.165) is 5.56 Å². The number of nitrogens with zero attached hydrogens (tertiary/aromatic N) is 1. The molecule has 0 fully saturated rings. The van der Waals surface area contributed by atoms with E-state index >= 15 is 0 Å². The standard InChI is InChI=1S/C16H21NO3/c1-16(2,15(19)20)17(3)14(18)12-8-7-11-13-9-5-4-6-10-13/h4-7,9-11H,8,12H2,1-3H3,(H,19,20)/b11-7+. The van der Waals surface area contributed by atoms with Gasteiger partial charge in [0.2, 0.25) is 5.91 Å². The fraction of sp³-hybridized carbons (Fsp3) is 0.375. The predicted octanol–water partition coefficient (Wildman–Crippen LogP) is 2.80. The van der Waals surface area contributed by atoms with Crippen LogP contribution in [0, 0.1) is 0 Å². The van der Waals surface area contributed by atoms with Crippen molar-refractivity contribution in [1.29, 1.82) is 0 Å². The molecular formula is C16H21NO3. The van der Waals surface area contributed by atoms with Gasteiger partial charge in [-0.05, 0) is 25.8 Å². The Hall–Kier alpha value is -2.10. The topological polar surface area (TPSA) is 57.6 Å². The molecule has 0 aromatic heterocycles. The first kappa shape index (κ1) is 16.0. The van der Waals surface area contributed by atoms with Gasteiger partial charge in [0.1, 0.15) is 5.54 Å². The number of hydrogen-bond donors (Lipinski definition) is 1. The van der Waals surface area contributed by atoms with E-state index in [0.29, 0.717) is 12.8 Å². The average Bonchev–Trinajstić information content (AvgIpc) is 2.43. The van der Waals surface area contributed by atoms with E-state index in [-0.39, 0.29) is 5.91 Å². The van der Waals surface area contributed by atoms with Crippen LogP contribution in [-0.2, 0) is 9.59 Å². The van der Waals surface area contributed by atoms with E-state index in [9.17, 15) is 9.59 Å². The van der Waals surface area contributed by atoms with Crippen molar-refractivity contribution in [2.45, 2.75) is 32.2 Å². The number of likely N-dealkylation sites (N-methyl/N-ethyl adjacent to an activating group) is 1. The molecule has 0 spiro atoms. The number of hydrogen-bond acceptors (Lipinski definition) is 2. The second-order valence-corrected chi connectivity index (χ2v) is 5.17. The maximum absolute atomic E-state index is 11.9. The minimum atomic E-state index is -1.18. The van der Waals surface area contributed by atoms with Crippen molar-refractivity contribution in [3.63, 3.8) is 0 Å². The van der Waals surface area contributed by atoms with Crippen LogP contribution in [0.15, 0.2) is 36.4 Å². The third-order valence-corrected chi connectivity index (χ3v) is 3.37. The average molecular weight is 275 g/mol. The Bertz CT molecular complexity index is 492. The van der Waals surface area contributed by atoms with Crippen molar-refractivity contribution < 1.29 is 14.7 Å². The lowest BCUT2D eigenvalue weighted by Crippen LogP contribution is -2.50. The molecule has 0 saturated carbocycles. The highest BCUT2D eigenvalue weighted by Crippen LogP contribution is 2.14. The molecule has 1 aromatic carbocycles. The van der Waals surface area contributed by atoms with Crippen LogP contribution in [0.25, 0.3) is 6.08 Å². The van der Waals surface area contributed by atoms with Crippen molar-refractivity contribution in [2.24, 2.45) is 0 Å². The van der Waals surface area contributed by atoms with Gasteiger partial charge < -0.3 is 10.0 Å². The van der Waals surface area contributed by atoms with E-state index < -0.39 is 11.5 Å². The first-order chi connectivity index (χ1) is 9.35. The Balaban J connectivity index is 2.48. The number of carboxylic acid groups (broad SMARTS) is 1. The number of carbonyl (C=O) groups excluding carboxylic acids is 1. The van der Waals surface area contributed by atoms with Gasteiger partial charge in [-0.1, -0.05) is 42.5 Å². The van der Waals surface area contributed by atoms with Crippen LogP contribution in [0.4, 0.5) is 0 Å². The number of allylic oxidation sites excluding steroid dienone is 1. The Labute approximate surface area is 119 Å². The number of carboxylic acids is 1. The van der Waals surface area contributed by atoms with Crippen molar-refractivity contribution in [3.8, 4) is 0 Å². The van der Waals surface area contributed by atoms with E-state index in [2.05, 4.69) is 0 Å². The second kappa shape index (κ2) is 6.89. The number of amides is 1. The molecule has 1 aromatic rings. The third kappa shape index (κ3) is 4.23. The van der Waals surface area contributed by atoms with Gasteiger partial charge in [0, 0.05) is 13.5 Å². The van der Waals surface area contributed by atoms with Gasteiger partial charge in [0.25, 0.3) is 0 Å². The molecule has 0 radical (unpaired) electrons. The molecule has 0 saturated heterocycles. The molecule has 1 amide bonds. The number of carbonyl (C=O) groups is 2. The summed E-state index contributed by atoms with van der Waals surface area (Å²) in [4.78, 5) is 24.3. The highest BCUT2D eigenvalue weighted by molar-refractivity contribution is 5.86. The quantitative estimate of drug-likeness (QED) is 0.868. The van der Waals surface area contributed by atoms with Crippen LogP contribution in [0.2, 0.25) is 0 Å². The predicted molar refractivity (Wildman–Crippen MR) is 79.2 cm³/mol. The largest absolute Gasteiger partial charge is 0.480 e. The van der Waals surface area contributed by atoms with Crippen molar-refractivity contribution in [2.75, 3.05) is 7.05 Å². The van der Waals surface area contributed by atoms with Crippen molar-refractivity contribution in [1.82, 2.24) is 4.90 Å². The van der Waals surface area contributed by atoms with E-state index in [1.165, 1.54) is 25.8 Å². The maximum Gasteiger partial charge on any atom is 0.329 e. The third-order valence-electron chi connectivity index (χ3n) is 3.37. The molecule has 1 N–H and O–H groups in total. The molecule has 0 bridgehead atoms. The van der Waals surface area contributed by atoms with E-state index in [4.69, 9.17) is 5.11 Å². The Morgan fingerprint density at radius 3 is 2.40 bits per heavy atom. The smallest absolute Gasteiger partial charge is 0.329 e. The van der Waals surface area contributed by atoms with Crippen LogP contribution in [0.3, 0.4) is 0 Å². The summed E-state index contributed by atoms with van der Waals surface area (Å²) < 4.78 is 0. The second-order valence-electron chi connectivity index (χ2n) is 5.17. The van der Waals surface area contributed by atoms with Crippen LogP contribution < -0.4 is 0 Å². The first-order valence-corrected chi connectivity index (χ1v) is 6.57. The number of benzene rings is 1. The summed E-state index contributed by atoms with van der Waals surface area (Å²) in [5.74, 6) is -1.18. The molecular weight excluding hydrogens is 254 g/mol. The molecule has 4 heteroatoms. The maximum atomic E-state index is 11.9. The highest BCUT2D eigenvalue weighted by Gasteiger charge is 2.34. The van der Waals surface area contributed by atoms with E-state index in [1.807, 2.05) is 42.5 Å². The van der Waals surface area contributed by atoms with Gasteiger partial charge in [-0.25, -0.2) is 4.79 Å². The fourth-order valence-electron chi connectivity index (χ4n) is 1.61. The highest BCUT2D eigenvalue weighted by atomic mass is 16.4. The molecule has 20 heavy (non-hydrogen) atoms. The van der Waals surface area contributed by atoms with Gasteiger partial charge >= 0.3 is 5.97 Å². The fourth-order valence-corrected chi connectivity index (χ4v) is 1.61. The molecule has 4 nitrogen and oxygen atoms in total. The summed E-state index contributed by atoms with van der Waals surface area (Å²) in [5, 5.41) is 9.07. The van der Waals surface area contributed by atoms with Gasteiger partial charge in [-0.3, -0.25) is 4.79 Å². The van der Waals surface area contributed by atoms with Gasteiger partial charge in [0.05, 0.1) is 0 Å². The van der Waals surface area contributed by atoms with Crippen LogP contribution >= 0.6 is 0 Å². The van der Waals surface area contributed by atoms with E-state index in [1.54, 1.807) is 0 Å². The SMILES string of the molecule is CN(C(=O)CC/C=C/c1ccccc1)C(C)(C)C(=O)O. The molecule has 0 aliphatic carbocycles.